The predicted molar refractivity (Wildman–Crippen MR) is 168 cm³/mol. The molecule has 44 heavy (non-hydrogen) atoms. The van der Waals surface area contributed by atoms with Crippen molar-refractivity contribution in [1.82, 2.24) is 15.2 Å². The Kier molecular flexibility index (Phi) is 9.48. The maximum Gasteiger partial charge on any atom is 0.323 e. The van der Waals surface area contributed by atoms with Gasteiger partial charge in [-0.3, -0.25) is 5.10 Å². The largest absolute Gasteiger partial charge is 0.457 e. The highest BCUT2D eigenvalue weighted by Crippen LogP contribution is 2.39. The zero-order valence-electron chi connectivity index (χ0n) is 23.6. The van der Waals surface area contributed by atoms with Gasteiger partial charge in [-0.1, -0.05) is 66.4 Å². The number of nitrogens with one attached hydrogen (secondary N) is 3. The van der Waals surface area contributed by atoms with Gasteiger partial charge in [0.2, 0.25) is 0 Å². The first-order chi connectivity index (χ1) is 21.6. The van der Waals surface area contributed by atoms with Gasteiger partial charge in [-0.15, -0.1) is 0 Å². The van der Waals surface area contributed by atoms with Crippen LogP contribution in [0.4, 0.5) is 16.2 Å². The molecule has 6 rings (SSSR count). The molecule has 2 heterocycles. The second kappa shape index (κ2) is 14.2. The van der Waals surface area contributed by atoms with Crippen LogP contribution in [0, 0.1) is 0 Å². The lowest BCUT2D eigenvalue weighted by Gasteiger charge is -2.36. The molecule has 0 radical (unpaired) electrons. The Morgan fingerprint density at radius 1 is 0.886 bits per heavy atom. The molecule has 2 amide bonds. The van der Waals surface area contributed by atoms with Crippen LogP contribution >= 0.6 is 11.8 Å². The molecule has 3 unspecified atom stereocenters. The van der Waals surface area contributed by atoms with E-state index in [2.05, 4.69) is 25.8 Å². The summed E-state index contributed by atoms with van der Waals surface area (Å²) in [5.74, 6) is 2.06. The van der Waals surface area contributed by atoms with Gasteiger partial charge in [0.15, 0.2) is 11.4 Å². The number of aliphatic hydroxyl groups excluding tert-OH is 1. The fourth-order valence-corrected chi connectivity index (χ4v) is 5.54. The van der Waals surface area contributed by atoms with Crippen molar-refractivity contribution >= 4 is 29.2 Å². The molecular formula is C33H31N5O5S. The number of hydrogen-bond donors (Lipinski definition) is 4. The van der Waals surface area contributed by atoms with Crippen molar-refractivity contribution in [3.05, 3.63) is 126 Å². The van der Waals surface area contributed by atoms with E-state index in [0.717, 1.165) is 27.6 Å². The van der Waals surface area contributed by atoms with Gasteiger partial charge in [0.05, 0.1) is 18.8 Å². The van der Waals surface area contributed by atoms with E-state index in [1.165, 1.54) is 18.1 Å². The normalized spacial score (nSPS) is 18.0. The number of aromatic amines is 1. The number of amides is 2. The molecule has 1 fully saturated rings. The summed E-state index contributed by atoms with van der Waals surface area (Å²) in [6.07, 6.45) is 1.10. The lowest BCUT2D eigenvalue weighted by atomic mass is 10.0. The van der Waals surface area contributed by atoms with Crippen molar-refractivity contribution in [2.45, 2.75) is 36.7 Å². The minimum Gasteiger partial charge on any atom is -0.457 e. The first-order valence-electron chi connectivity index (χ1n) is 14.1. The summed E-state index contributed by atoms with van der Waals surface area (Å²) < 4.78 is 18.7. The van der Waals surface area contributed by atoms with Crippen molar-refractivity contribution in [1.29, 1.82) is 0 Å². The van der Waals surface area contributed by atoms with E-state index in [4.69, 9.17) is 14.2 Å². The van der Waals surface area contributed by atoms with Crippen molar-refractivity contribution in [2.75, 3.05) is 16.4 Å². The summed E-state index contributed by atoms with van der Waals surface area (Å²) in [6, 6.07) is 31.4. The standard InChI is InChI=1S/C33H31N5O5S/c39-19-22-9-11-23(12-10-22)30-18-29(20-44-33-34-21-35-38-33)42-31(43-30)24-5-4-6-26(17-24)37-32(40)36-25-13-15-28(16-14-25)41-27-7-2-1-3-8-27/h1-17,21,29-31,39H,18-20H2,(H,34,35,38)(H2,36,37,40). The van der Waals surface area contributed by atoms with Gasteiger partial charge in [-0.2, -0.15) is 5.10 Å². The van der Waals surface area contributed by atoms with Crippen LogP contribution in [0.1, 0.15) is 35.5 Å². The highest BCUT2D eigenvalue weighted by atomic mass is 32.2. The Bertz CT molecular complexity index is 1640. The highest BCUT2D eigenvalue weighted by Gasteiger charge is 2.32. The second-order valence-electron chi connectivity index (χ2n) is 10.1. The zero-order chi connectivity index (χ0) is 30.1. The number of aliphatic hydroxyl groups is 1. The van der Waals surface area contributed by atoms with Crippen molar-refractivity contribution in [2.24, 2.45) is 0 Å². The number of para-hydroxylation sites is 1. The van der Waals surface area contributed by atoms with Crippen molar-refractivity contribution < 1.29 is 24.1 Å². The lowest BCUT2D eigenvalue weighted by Crippen LogP contribution is -2.31. The van der Waals surface area contributed by atoms with Crippen LogP contribution in [-0.2, 0) is 16.1 Å². The smallest absolute Gasteiger partial charge is 0.323 e. The summed E-state index contributed by atoms with van der Waals surface area (Å²) >= 11 is 1.53. The summed E-state index contributed by atoms with van der Waals surface area (Å²) in [5, 5.41) is 22.7. The van der Waals surface area contributed by atoms with Crippen LogP contribution < -0.4 is 15.4 Å². The predicted octanol–water partition coefficient (Wildman–Crippen LogP) is 7.07. The molecule has 4 aromatic carbocycles. The fraction of sp³-hybridized carbons (Fsp3) is 0.182. The number of carbonyl (C=O) groups excluding carboxylic acids is 1. The fourth-order valence-electron chi connectivity index (χ4n) is 4.75. The monoisotopic (exact) mass is 609 g/mol. The number of anilines is 2. The van der Waals surface area contributed by atoms with E-state index < -0.39 is 6.29 Å². The molecule has 10 nitrogen and oxygen atoms in total. The third kappa shape index (κ3) is 7.82. The Morgan fingerprint density at radius 2 is 1.66 bits per heavy atom. The van der Waals surface area contributed by atoms with E-state index >= 15 is 0 Å². The molecule has 4 N–H and O–H groups in total. The maximum atomic E-state index is 12.8. The number of carbonyl (C=O) groups is 1. The third-order valence-corrected chi connectivity index (χ3v) is 7.93. The summed E-state index contributed by atoms with van der Waals surface area (Å²) in [6.45, 7) is -0.0185. The van der Waals surface area contributed by atoms with Crippen LogP contribution in [0.15, 0.2) is 115 Å². The molecule has 0 bridgehead atoms. The molecule has 0 spiro atoms. The zero-order valence-corrected chi connectivity index (χ0v) is 24.4. The SMILES string of the molecule is O=C(Nc1ccc(Oc2ccccc2)cc1)Nc1cccc(C2OC(CSc3ncn[nH]3)CC(c3ccc(CO)cc3)O2)c1. The highest BCUT2D eigenvalue weighted by molar-refractivity contribution is 7.99. The number of nitrogens with zero attached hydrogens (tertiary/aromatic N) is 2. The van der Waals surface area contributed by atoms with Crippen molar-refractivity contribution in [3.8, 4) is 11.5 Å². The number of benzene rings is 4. The molecule has 1 aromatic heterocycles. The molecule has 1 aliphatic heterocycles. The Hall–Kier alpha value is -4.68. The van der Waals surface area contributed by atoms with Crippen LogP contribution in [0.5, 0.6) is 11.5 Å². The first-order valence-corrected chi connectivity index (χ1v) is 15.1. The number of urea groups is 1. The molecule has 224 valence electrons. The summed E-state index contributed by atoms with van der Waals surface area (Å²) in [4.78, 5) is 17.0. The van der Waals surface area contributed by atoms with Gasteiger partial charge in [0.25, 0.3) is 0 Å². The van der Waals surface area contributed by atoms with E-state index in [9.17, 15) is 9.90 Å². The van der Waals surface area contributed by atoms with E-state index in [1.807, 2.05) is 78.9 Å². The number of H-pyrrole nitrogens is 1. The molecular weight excluding hydrogens is 578 g/mol. The Labute approximate surface area is 258 Å². The maximum absolute atomic E-state index is 12.8. The van der Waals surface area contributed by atoms with Crippen LogP contribution in [0.25, 0.3) is 0 Å². The summed E-state index contributed by atoms with van der Waals surface area (Å²) in [7, 11) is 0. The average molecular weight is 610 g/mol. The van der Waals surface area contributed by atoms with Crippen LogP contribution in [-0.4, -0.2) is 38.2 Å². The number of aromatic nitrogens is 3. The molecule has 5 aromatic rings. The number of rotatable bonds is 10. The molecule has 0 aliphatic carbocycles. The van der Waals surface area contributed by atoms with Crippen LogP contribution in [0.2, 0.25) is 0 Å². The van der Waals surface area contributed by atoms with Crippen LogP contribution in [0.3, 0.4) is 0 Å². The number of thioether (sulfide) groups is 1. The van der Waals surface area contributed by atoms with Crippen molar-refractivity contribution in [3.63, 3.8) is 0 Å². The lowest BCUT2D eigenvalue weighted by molar-refractivity contribution is -0.245. The minimum atomic E-state index is -0.659. The average Bonchev–Trinajstić information content (AvgIpc) is 3.59. The minimum absolute atomic E-state index is 0.0185. The molecule has 1 saturated heterocycles. The first kappa shape index (κ1) is 29.4. The van der Waals surface area contributed by atoms with Gasteiger partial charge >= 0.3 is 6.03 Å². The number of ether oxygens (including phenoxy) is 3. The van der Waals surface area contributed by atoms with Gasteiger partial charge in [0.1, 0.15) is 17.8 Å². The third-order valence-electron chi connectivity index (χ3n) is 6.92. The number of hydrogen-bond acceptors (Lipinski definition) is 8. The van der Waals surface area contributed by atoms with Gasteiger partial charge in [-0.05, 0) is 59.7 Å². The summed E-state index contributed by atoms with van der Waals surface area (Å²) in [5.41, 5.74) is 3.83. The second-order valence-corrected chi connectivity index (χ2v) is 11.1. The van der Waals surface area contributed by atoms with E-state index in [-0.39, 0.29) is 24.8 Å². The molecule has 3 atom stereocenters. The Balaban J connectivity index is 1.11. The van der Waals surface area contributed by atoms with Gasteiger partial charge < -0.3 is 30.0 Å². The van der Waals surface area contributed by atoms with Gasteiger partial charge in [-0.25, -0.2) is 9.78 Å². The van der Waals surface area contributed by atoms with Gasteiger partial charge in [0, 0.05) is 29.1 Å². The quantitative estimate of drug-likeness (QED) is 0.124. The topological polar surface area (TPSA) is 131 Å². The molecule has 1 aliphatic rings. The Morgan fingerprint density at radius 3 is 2.41 bits per heavy atom. The van der Waals surface area contributed by atoms with E-state index in [0.29, 0.717) is 29.3 Å². The molecule has 0 saturated carbocycles. The molecule has 11 heteroatoms. The van der Waals surface area contributed by atoms with E-state index in [1.54, 1.807) is 24.3 Å².